The molecule has 4 N–H and O–H groups in total. The van der Waals surface area contributed by atoms with E-state index in [1.165, 1.54) is 12.1 Å². The van der Waals surface area contributed by atoms with Gasteiger partial charge in [0.05, 0.1) is 5.56 Å². The molecule has 12 heteroatoms. The van der Waals surface area contributed by atoms with E-state index < -0.39 is 34.8 Å². The minimum Gasteiger partial charge on any atom is -0.382 e. The number of aromatic nitrogens is 2. The molecule has 0 radical (unpaired) electrons. The zero-order valence-electron chi connectivity index (χ0n) is 15.4. The zero-order valence-corrected chi connectivity index (χ0v) is 16.2. The van der Waals surface area contributed by atoms with Crippen LogP contribution < -0.4 is 16.6 Å². The van der Waals surface area contributed by atoms with Crippen molar-refractivity contribution in [1.82, 2.24) is 9.97 Å². The van der Waals surface area contributed by atoms with Gasteiger partial charge in [-0.3, -0.25) is 14.6 Å². The maximum Gasteiger partial charge on any atom is 0.416 e. The van der Waals surface area contributed by atoms with Gasteiger partial charge in [-0.15, -0.1) is 0 Å². The lowest BCUT2D eigenvalue weighted by atomic mass is 10.1. The van der Waals surface area contributed by atoms with Gasteiger partial charge in [-0.2, -0.15) is 13.2 Å². The second-order valence-electron chi connectivity index (χ2n) is 6.20. The van der Waals surface area contributed by atoms with Crippen molar-refractivity contribution >= 4 is 29.2 Å². The summed E-state index contributed by atoms with van der Waals surface area (Å²) in [5.74, 6) is -3.40. The van der Waals surface area contributed by atoms with Crippen LogP contribution in [0.5, 0.6) is 0 Å². The van der Waals surface area contributed by atoms with Gasteiger partial charge in [-0.1, -0.05) is 23.9 Å². The summed E-state index contributed by atoms with van der Waals surface area (Å²) in [5, 5.41) is 2.26. The monoisotopic (exact) mass is 456 g/mol. The topological polar surface area (TPSA) is 101 Å². The summed E-state index contributed by atoms with van der Waals surface area (Å²) in [6.07, 6.45) is -4.44. The summed E-state index contributed by atoms with van der Waals surface area (Å²) >= 11 is 1.01. The van der Waals surface area contributed by atoms with E-state index in [2.05, 4.69) is 15.3 Å². The molecule has 0 saturated carbocycles. The summed E-state index contributed by atoms with van der Waals surface area (Å²) in [5.41, 5.74) is 4.08. The number of hydrogen-bond acceptors (Lipinski definition) is 5. The van der Waals surface area contributed by atoms with Crippen molar-refractivity contribution in [2.24, 2.45) is 0 Å². The number of rotatable bonds is 5. The maximum atomic E-state index is 13.3. The molecule has 0 aliphatic heterocycles. The van der Waals surface area contributed by atoms with Gasteiger partial charge in [-0.25, -0.2) is 13.8 Å². The summed E-state index contributed by atoms with van der Waals surface area (Å²) in [6.45, 7) is 0. The Balaban J connectivity index is 1.70. The van der Waals surface area contributed by atoms with E-state index in [0.717, 1.165) is 36.0 Å². The summed E-state index contributed by atoms with van der Waals surface area (Å²) < 4.78 is 64.1. The fourth-order valence-corrected chi connectivity index (χ4v) is 3.25. The number of hydrogen-bond donors (Lipinski definition) is 3. The summed E-state index contributed by atoms with van der Waals surface area (Å²) in [4.78, 5) is 30.7. The smallest absolute Gasteiger partial charge is 0.382 e. The van der Waals surface area contributed by atoms with Crippen LogP contribution in [0, 0.1) is 11.6 Å². The molecule has 6 nitrogen and oxygen atoms in total. The van der Waals surface area contributed by atoms with Gasteiger partial charge in [0, 0.05) is 11.3 Å². The quantitative estimate of drug-likeness (QED) is 0.304. The highest BCUT2D eigenvalue weighted by molar-refractivity contribution is 7.98. The van der Waals surface area contributed by atoms with Crippen LogP contribution in [0.1, 0.15) is 21.5 Å². The van der Waals surface area contributed by atoms with Gasteiger partial charge in [0.2, 0.25) is 0 Å². The Morgan fingerprint density at radius 1 is 1.10 bits per heavy atom. The molecule has 0 bridgehead atoms. The van der Waals surface area contributed by atoms with Gasteiger partial charge >= 0.3 is 6.18 Å². The Labute approximate surface area is 175 Å². The van der Waals surface area contributed by atoms with E-state index in [9.17, 15) is 31.5 Å². The first kappa shape index (κ1) is 22.3. The first-order valence-electron chi connectivity index (χ1n) is 8.49. The number of carbonyl (C=O) groups excluding carboxylic acids is 1. The third-order valence-corrected chi connectivity index (χ3v) is 4.95. The van der Waals surface area contributed by atoms with Crippen molar-refractivity contribution in [1.29, 1.82) is 0 Å². The molecule has 1 aromatic heterocycles. The minimum atomic E-state index is -4.44. The molecule has 3 aromatic rings. The number of nitrogen functional groups attached to an aromatic ring is 1. The molecule has 0 aliphatic carbocycles. The normalized spacial score (nSPS) is 11.4. The van der Waals surface area contributed by atoms with Crippen molar-refractivity contribution < 1.29 is 26.7 Å². The maximum absolute atomic E-state index is 13.3. The number of nitrogens with zero attached hydrogens (tertiary/aromatic N) is 1. The van der Waals surface area contributed by atoms with Gasteiger partial charge in [0.1, 0.15) is 5.69 Å². The van der Waals surface area contributed by atoms with Crippen LogP contribution in [0.3, 0.4) is 0 Å². The number of thioether (sulfide) groups is 1. The standard InChI is InChI=1S/C19H13F5N4O2S/c20-12-6-3-10(7-13(12)21)16(29)26-14-15(25)27-18(28-17(14)30)31-8-9-1-4-11(5-2-9)19(22,23)24/h1-7H,8H2,(H,26,29)(H3,25,27,28,30). The second kappa shape index (κ2) is 8.76. The molecular formula is C19H13F5N4O2S. The molecule has 0 spiro atoms. The average Bonchev–Trinajstić information content (AvgIpc) is 2.70. The number of benzene rings is 2. The predicted molar refractivity (Wildman–Crippen MR) is 105 cm³/mol. The van der Waals surface area contributed by atoms with Crippen molar-refractivity contribution in [3.05, 3.63) is 81.1 Å². The first-order valence-corrected chi connectivity index (χ1v) is 9.48. The molecule has 0 saturated heterocycles. The van der Waals surface area contributed by atoms with Gasteiger partial charge in [0.25, 0.3) is 11.5 Å². The molecule has 0 atom stereocenters. The third kappa shape index (κ3) is 5.40. The van der Waals surface area contributed by atoms with Gasteiger partial charge in [0.15, 0.2) is 22.6 Å². The molecule has 0 fully saturated rings. The Morgan fingerprint density at radius 2 is 1.77 bits per heavy atom. The molecule has 31 heavy (non-hydrogen) atoms. The van der Waals surface area contributed by atoms with E-state index in [4.69, 9.17) is 5.73 Å². The number of halogens is 5. The van der Waals surface area contributed by atoms with Gasteiger partial charge in [-0.05, 0) is 35.9 Å². The molecule has 2 aromatic carbocycles. The highest BCUT2D eigenvalue weighted by Gasteiger charge is 2.29. The number of anilines is 2. The molecule has 0 aliphatic rings. The Morgan fingerprint density at radius 3 is 2.35 bits per heavy atom. The van der Waals surface area contributed by atoms with Crippen molar-refractivity contribution in [2.75, 3.05) is 11.1 Å². The minimum absolute atomic E-state index is 0.0771. The number of carbonyl (C=O) groups is 1. The van der Waals surface area contributed by atoms with Crippen molar-refractivity contribution in [3.8, 4) is 0 Å². The molecule has 162 valence electrons. The second-order valence-corrected chi connectivity index (χ2v) is 7.16. The van der Waals surface area contributed by atoms with E-state index in [1.807, 2.05) is 0 Å². The fraction of sp³-hybridized carbons (Fsp3) is 0.105. The molecular weight excluding hydrogens is 443 g/mol. The lowest BCUT2D eigenvalue weighted by molar-refractivity contribution is -0.137. The summed E-state index contributed by atoms with van der Waals surface area (Å²) in [6, 6.07) is 6.93. The lowest BCUT2D eigenvalue weighted by Crippen LogP contribution is -2.23. The van der Waals surface area contributed by atoms with E-state index in [0.29, 0.717) is 11.6 Å². The average molecular weight is 456 g/mol. The van der Waals surface area contributed by atoms with Crippen LogP contribution in [0.25, 0.3) is 0 Å². The van der Waals surface area contributed by atoms with E-state index >= 15 is 0 Å². The van der Waals surface area contributed by atoms with Crippen LogP contribution >= 0.6 is 11.8 Å². The first-order chi connectivity index (χ1) is 14.5. The van der Waals surface area contributed by atoms with E-state index in [-0.39, 0.29) is 28.0 Å². The molecule has 1 amide bonds. The van der Waals surface area contributed by atoms with Crippen LogP contribution in [-0.4, -0.2) is 15.9 Å². The molecule has 3 rings (SSSR count). The van der Waals surface area contributed by atoms with Crippen LogP contribution in [0.15, 0.2) is 52.4 Å². The van der Waals surface area contributed by atoms with E-state index in [1.54, 1.807) is 0 Å². The number of aromatic amines is 1. The van der Waals surface area contributed by atoms with Crippen LogP contribution in [0.4, 0.5) is 33.5 Å². The highest BCUT2D eigenvalue weighted by Crippen LogP contribution is 2.30. The number of nitrogens with one attached hydrogen (secondary N) is 2. The van der Waals surface area contributed by atoms with Crippen LogP contribution in [-0.2, 0) is 11.9 Å². The number of nitrogens with two attached hydrogens (primary N) is 1. The third-order valence-electron chi connectivity index (χ3n) is 4.00. The summed E-state index contributed by atoms with van der Waals surface area (Å²) in [7, 11) is 0. The Hall–Kier alpha value is -3.41. The fourth-order valence-electron chi connectivity index (χ4n) is 2.42. The molecule has 1 heterocycles. The van der Waals surface area contributed by atoms with Crippen molar-refractivity contribution in [3.63, 3.8) is 0 Å². The largest absolute Gasteiger partial charge is 0.416 e. The predicted octanol–water partition coefficient (Wildman–Crippen LogP) is 4.19. The Kier molecular flexibility index (Phi) is 6.29. The lowest BCUT2D eigenvalue weighted by Gasteiger charge is -2.09. The Bertz CT molecular complexity index is 1180. The highest BCUT2D eigenvalue weighted by atomic mass is 32.2. The zero-order chi connectivity index (χ0) is 22.8. The van der Waals surface area contributed by atoms with Gasteiger partial charge < -0.3 is 11.1 Å². The number of amides is 1. The number of H-pyrrole nitrogens is 1. The molecule has 0 unspecified atom stereocenters. The SMILES string of the molecule is Nc1nc(SCc2ccc(C(F)(F)F)cc2)[nH]c(=O)c1NC(=O)c1ccc(F)c(F)c1. The van der Waals surface area contributed by atoms with Crippen LogP contribution in [0.2, 0.25) is 0 Å². The van der Waals surface area contributed by atoms with Crippen molar-refractivity contribution in [2.45, 2.75) is 17.1 Å². The number of alkyl halides is 3.